The third kappa shape index (κ3) is 2.75. The summed E-state index contributed by atoms with van der Waals surface area (Å²) in [7, 11) is -3.65. The van der Waals surface area contributed by atoms with Crippen LogP contribution in [0, 0.1) is 0 Å². The van der Waals surface area contributed by atoms with Crippen LogP contribution in [0.4, 0.5) is 0 Å². The van der Waals surface area contributed by atoms with Gasteiger partial charge in [0.2, 0.25) is 10.0 Å². The van der Waals surface area contributed by atoms with E-state index in [9.17, 15) is 13.2 Å². The molecule has 0 radical (unpaired) electrons. The molecule has 0 bridgehead atoms. The van der Waals surface area contributed by atoms with Crippen LogP contribution in [0.2, 0.25) is 0 Å². The molecule has 7 nitrogen and oxygen atoms in total. The number of hydrogen-bond donors (Lipinski definition) is 2. The van der Waals surface area contributed by atoms with E-state index in [4.69, 9.17) is 5.11 Å². The number of rotatable bonds is 4. The lowest BCUT2D eigenvalue weighted by molar-refractivity contribution is 0.0688. The van der Waals surface area contributed by atoms with Crippen molar-refractivity contribution in [1.29, 1.82) is 0 Å². The second-order valence-corrected chi connectivity index (χ2v) is 7.36. The fraction of sp³-hybridized carbons (Fsp3) is 0.333. The Morgan fingerprint density at radius 3 is 2.65 bits per heavy atom. The second-order valence-electron chi connectivity index (χ2n) is 5.42. The van der Waals surface area contributed by atoms with Gasteiger partial charge in [0.05, 0.1) is 4.90 Å². The largest absolute Gasteiger partial charge is 0.476 e. The van der Waals surface area contributed by atoms with Crippen LogP contribution in [-0.4, -0.2) is 40.5 Å². The molecule has 0 fully saturated rings. The van der Waals surface area contributed by atoms with E-state index in [-0.39, 0.29) is 17.1 Å². The number of nitrogens with zero attached hydrogens (tertiary/aromatic N) is 2. The van der Waals surface area contributed by atoms with Gasteiger partial charge in [-0.25, -0.2) is 13.2 Å². The summed E-state index contributed by atoms with van der Waals surface area (Å²) in [5, 5.41) is 15.6. The number of aromatic nitrogens is 2. The number of carbonyl (C=O) groups is 1. The number of carboxylic acid groups (broad SMARTS) is 1. The first-order valence-corrected chi connectivity index (χ1v) is 8.76. The van der Waals surface area contributed by atoms with Crippen LogP contribution in [0.1, 0.15) is 34.2 Å². The monoisotopic (exact) mass is 335 g/mol. The van der Waals surface area contributed by atoms with Crippen molar-refractivity contribution in [2.24, 2.45) is 0 Å². The van der Waals surface area contributed by atoms with Crippen molar-refractivity contribution >= 4 is 16.0 Å². The smallest absolute Gasteiger partial charge is 0.356 e. The summed E-state index contributed by atoms with van der Waals surface area (Å²) in [6.07, 6.45) is 1.26. The third-order valence-corrected chi connectivity index (χ3v) is 5.93. The molecule has 0 spiro atoms. The first-order chi connectivity index (χ1) is 10.9. The maximum atomic E-state index is 12.7. The molecule has 3 rings (SSSR count). The molecule has 23 heavy (non-hydrogen) atoms. The summed E-state index contributed by atoms with van der Waals surface area (Å²) < 4.78 is 26.8. The van der Waals surface area contributed by atoms with Crippen LogP contribution in [0.5, 0.6) is 0 Å². The Hall–Kier alpha value is -2.19. The molecule has 0 saturated carbocycles. The Labute approximate surface area is 134 Å². The molecule has 0 aliphatic carbocycles. The summed E-state index contributed by atoms with van der Waals surface area (Å²) in [5.41, 5.74) is 2.08. The van der Waals surface area contributed by atoms with Crippen molar-refractivity contribution in [2.75, 3.05) is 6.54 Å². The molecule has 2 aromatic rings. The van der Waals surface area contributed by atoms with E-state index in [1.54, 1.807) is 24.3 Å². The molecule has 1 aromatic carbocycles. The van der Waals surface area contributed by atoms with Crippen molar-refractivity contribution in [3.05, 3.63) is 46.8 Å². The zero-order valence-electron chi connectivity index (χ0n) is 12.6. The molecular formula is C15H17N3O4S. The number of hydrogen-bond acceptors (Lipinski definition) is 4. The third-order valence-electron chi connectivity index (χ3n) is 4.07. The SMILES string of the molecule is CCc1ccc(S(=O)(=O)N2CCc3[nH]nc(C(=O)O)c3C2)cc1. The van der Waals surface area contributed by atoms with Crippen molar-refractivity contribution in [1.82, 2.24) is 14.5 Å². The highest BCUT2D eigenvalue weighted by Gasteiger charge is 2.32. The molecule has 1 aliphatic rings. The lowest BCUT2D eigenvalue weighted by Crippen LogP contribution is -2.36. The van der Waals surface area contributed by atoms with Gasteiger partial charge in [-0.05, 0) is 24.1 Å². The minimum atomic E-state index is -3.65. The van der Waals surface area contributed by atoms with Gasteiger partial charge in [-0.3, -0.25) is 5.10 Å². The van der Waals surface area contributed by atoms with Crippen LogP contribution in [-0.2, 0) is 29.4 Å². The topological polar surface area (TPSA) is 103 Å². The van der Waals surface area contributed by atoms with Gasteiger partial charge in [0.15, 0.2) is 5.69 Å². The van der Waals surface area contributed by atoms with Crippen LogP contribution in [0.25, 0.3) is 0 Å². The Bertz CT molecular complexity index is 840. The molecule has 1 aromatic heterocycles. The number of aryl methyl sites for hydroxylation is 1. The number of benzene rings is 1. The van der Waals surface area contributed by atoms with Gasteiger partial charge in [-0.15, -0.1) is 0 Å². The molecule has 0 unspecified atom stereocenters. The van der Waals surface area contributed by atoms with Crippen LogP contribution >= 0.6 is 0 Å². The van der Waals surface area contributed by atoms with Gasteiger partial charge in [-0.1, -0.05) is 19.1 Å². The molecule has 0 amide bonds. The van der Waals surface area contributed by atoms with Gasteiger partial charge < -0.3 is 5.11 Å². The maximum absolute atomic E-state index is 12.7. The number of aromatic carboxylic acids is 1. The molecule has 1 aliphatic heterocycles. The predicted molar refractivity (Wildman–Crippen MR) is 82.7 cm³/mol. The van der Waals surface area contributed by atoms with Gasteiger partial charge in [0, 0.05) is 30.8 Å². The molecule has 8 heteroatoms. The van der Waals surface area contributed by atoms with Crippen molar-refractivity contribution < 1.29 is 18.3 Å². The first kappa shape index (κ1) is 15.7. The normalized spacial score (nSPS) is 15.3. The number of sulfonamides is 1. The van der Waals surface area contributed by atoms with Crippen LogP contribution in [0.3, 0.4) is 0 Å². The van der Waals surface area contributed by atoms with E-state index in [0.717, 1.165) is 12.0 Å². The predicted octanol–water partition coefficient (Wildman–Crippen LogP) is 1.42. The van der Waals surface area contributed by atoms with Crippen molar-refractivity contribution in [2.45, 2.75) is 31.2 Å². The van der Waals surface area contributed by atoms with Gasteiger partial charge >= 0.3 is 5.97 Å². The minimum Gasteiger partial charge on any atom is -0.476 e. The molecule has 0 atom stereocenters. The quantitative estimate of drug-likeness (QED) is 0.879. The lowest BCUT2D eigenvalue weighted by Gasteiger charge is -2.26. The molecular weight excluding hydrogens is 318 g/mol. The highest BCUT2D eigenvalue weighted by atomic mass is 32.2. The number of H-pyrrole nitrogens is 1. The zero-order valence-corrected chi connectivity index (χ0v) is 13.4. The van der Waals surface area contributed by atoms with E-state index in [2.05, 4.69) is 10.2 Å². The van der Waals surface area contributed by atoms with Gasteiger partial charge in [-0.2, -0.15) is 9.40 Å². The van der Waals surface area contributed by atoms with E-state index >= 15 is 0 Å². The second kappa shape index (κ2) is 5.78. The summed E-state index contributed by atoms with van der Waals surface area (Å²) in [6.45, 7) is 2.32. The lowest BCUT2D eigenvalue weighted by atomic mass is 10.1. The number of nitrogens with one attached hydrogen (secondary N) is 1. The maximum Gasteiger partial charge on any atom is 0.356 e. The first-order valence-electron chi connectivity index (χ1n) is 7.32. The molecule has 2 N–H and O–H groups in total. The summed E-state index contributed by atoms with van der Waals surface area (Å²) in [5.74, 6) is -1.16. The molecule has 2 heterocycles. The average Bonchev–Trinajstić information content (AvgIpc) is 2.98. The highest BCUT2D eigenvalue weighted by molar-refractivity contribution is 7.89. The van der Waals surface area contributed by atoms with E-state index in [1.807, 2.05) is 6.92 Å². The van der Waals surface area contributed by atoms with Gasteiger partial charge in [0.25, 0.3) is 0 Å². The summed E-state index contributed by atoms with van der Waals surface area (Å²) in [6, 6.07) is 6.78. The fourth-order valence-corrected chi connectivity index (χ4v) is 4.11. The van der Waals surface area contributed by atoms with E-state index < -0.39 is 16.0 Å². The van der Waals surface area contributed by atoms with Crippen LogP contribution < -0.4 is 0 Å². The number of aromatic amines is 1. The Kier molecular flexibility index (Phi) is 3.95. The minimum absolute atomic E-state index is 0.0192. The standard InChI is InChI=1S/C15H17N3O4S/c1-2-10-3-5-11(6-4-10)23(21,22)18-8-7-13-12(9-18)14(15(19)20)17-16-13/h3-6H,2,7-9H2,1H3,(H,16,17)(H,19,20). The van der Waals surface area contributed by atoms with E-state index in [0.29, 0.717) is 24.2 Å². The number of fused-ring (bicyclic) bond motifs is 1. The Morgan fingerprint density at radius 1 is 1.35 bits per heavy atom. The summed E-state index contributed by atoms with van der Waals surface area (Å²) >= 11 is 0. The van der Waals surface area contributed by atoms with Crippen molar-refractivity contribution in [3.8, 4) is 0 Å². The highest BCUT2D eigenvalue weighted by Crippen LogP contribution is 2.26. The average molecular weight is 335 g/mol. The Balaban J connectivity index is 1.92. The van der Waals surface area contributed by atoms with Crippen LogP contribution in [0.15, 0.2) is 29.2 Å². The number of carboxylic acids is 1. The van der Waals surface area contributed by atoms with E-state index in [1.165, 1.54) is 4.31 Å². The summed E-state index contributed by atoms with van der Waals surface area (Å²) in [4.78, 5) is 11.4. The van der Waals surface area contributed by atoms with Crippen molar-refractivity contribution in [3.63, 3.8) is 0 Å². The zero-order chi connectivity index (χ0) is 16.6. The molecule has 122 valence electrons. The fourth-order valence-electron chi connectivity index (χ4n) is 2.70. The van der Waals surface area contributed by atoms with Gasteiger partial charge in [0.1, 0.15) is 0 Å². The molecule has 0 saturated heterocycles. The Morgan fingerprint density at radius 2 is 2.04 bits per heavy atom.